The third-order valence-corrected chi connectivity index (χ3v) is 5.20. The first-order valence-corrected chi connectivity index (χ1v) is 8.11. The summed E-state index contributed by atoms with van der Waals surface area (Å²) in [4.78, 5) is 11.4. The molecule has 0 atom stereocenters. The van der Waals surface area contributed by atoms with E-state index in [0.717, 1.165) is 9.18 Å². The van der Waals surface area contributed by atoms with Crippen molar-refractivity contribution in [2.45, 2.75) is 12.8 Å². The van der Waals surface area contributed by atoms with Gasteiger partial charge in [-0.1, -0.05) is 11.6 Å². The molecule has 0 spiro atoms. The van der Waals surface area contributed by atoms with Gasteiger partial charge in [-0.15, -0.1) is 11.3 Å². The van der Waals surface area contributed by atoms with Gasteiger partial charge in [-0.2, -0.15) is 12.7 Å². The highest BCUT2D eigenvalue weighted by molar-refractivity contribution is 7.87. The van der Waals surface area contributed by atoms with Crippen LogP contribution in [0.1, 0.15) is 11.3 Å². The van der Waals surface area contributed by atoms with Gasteiger partial charge in [0.1, 0.15) is 0 Å². The van der Waals surface area contributed by atoms with Gasteiger partial charge in [0.05, 0.1) is 10.8 Å². The Labute approximate surface area is 121 Å². The van der Waals surface area contributed by atoms with Crippen LogP contribution in [-0.2, 0) is 21.4 Å². The first-order valence-electron chi connectivity index (χ1n) is 5.48. The van der Waals surface area contributed by atoms with E-state index in [2.05, 4.69) is 4.72 Å². The molecule has 0 fully saturated rings. The highest BCUT2D eigenvalue weighted by atomic mass is 35.5. The molecule has 6 nitrogen and oxygen atoms in total. The standard InChI is InChI=1S/C10H15ClN2O4S2/c1-13(7-5-10(14)15)19(16,17)12-6-4-8-2-3-9(11)18-8/h2-3,12H,4-7H2,1H3,(H,14,15). The van der Waals surface area contributed by atoms with Crippen LogP contribution >= 0.6 is 22.9 Å². The van der Waals surface area contributed by atoms with E-state index in [-0.39, 0.29) is 19.5 Å². The molecule has 19 heavy (non-hydrogen) atoms. The fraction of sp³-hybridized carbons (Fsp3) is 0.500. The fourth-order valence-electron chi connectivity index (χ4n) is 1.27. The van der Waals surface area contributed by atoms with Crippen molar-refractivity contribution in [2.24, 2.45) is 0 Å². The molecule has 0 saturated carbocycles. The monoisotopic (exact) mass is 326 g/mol. The number of aliphatic carboxylic acids is 1. The Kier molecular flexibility index (Phi) is 6.21. The van der Waals surface area contributed by atoms with Gasteiger partial charge in [-0.25, -0.2) is 4.72 Å². The molecule has 0 saturated heterocycles. The summed E-state index contributed by atoms with van der Waals surface area (Å²) in [5, 5.41) is 8.50. The number of halogens is 1. The molecule has 0 aromatic carbocycles. The fourth-order valence-corrected chi connectivity index (χ4v) is 3.27. The topological polar surface area (TPSA) is 86.7 Å². The lowest BCUT2D eigenvalue weighted by atomic mass is 10.3. The van der Waals surface area contributed by atoms with Crippen LogP contribution in [0.4, 0.5) is 0 Å². The minimum Gasteiger partial charge on any atom is -0.481 e. The largest absolute Gasteiger partial charge is 0.481 e. The van der Waals surface area contributed by atoms with E-state index in [1.165, 1.54) is 18.4 Å². The average molecular weight is 327 g/mol. The summed E-state index contributed by atoms with van der Waals surface area (Å²) in [5.41, 5.74) is 0. The van der Waals surface area contributed by atoms with Crippen molar-refractivity contribution in [2.75, 3.05) is 20.1 Å². The number of hydrogen-bond acceptors (Lipinski definition) is 4. The molecule has 0 amide bonds. The first kappa shape index (κ1) is 16.4. The molecule has 0 aliphatic carbocycles. The predicted molar refractivity (Wildman–Crippen MR) is 74.8 cm³/mol. The van der Waals surface area contributed by atoms with Crippen molar-refractivity contribution in [3.05, 3.63) is 21.3 Å². The van der Waals surface area contributed by atoms with Crippen LogP contribution in [0.5, 0.6) is 0 Å². The van der Waals surface area contributed by atoms with E-state index in [4.69, 9.17) is 16.7 Å². The Morgan fingerprint density at radius 1 is 1.53 bits per heavy atom. The average Bonchev–Trinajstić information content (AvgIpc) is 2.71. The molecule has 0 aliphatic heterocycles. The maximum Gasteiger partial charge on any atom is 0.304 e. The van der Waals surface area contributed by atoms with Crippen LogP contribution in [-0.4, -0.2) is 43.9 Å². The molecule has 0 radical (unpaired) electrons. The number of hydrogen-bond donors (Lipinski definition) is 2. The first-order chi connectivity index (χ1) is 8.81. The van der Waals surface area contributed by atoms with Crippen LogP contribution in [0, 0.1) is 0 Å². The SMILES string of the molecule is CN(CCC(=O)O)S(=O)(=O)NCCc1ccc(Cl)s1. The highest BCUT2D eigenvalue weighted by Gasteiger charge is 2.17. The van der Waals surface area contributed by atoms with Gasteiger partial charge in [-0.3, -0.25) is 4.79 Å². The summed E-state index contributed by atoms with van der Waals surface area (Å²) in [6.45, 7) is 0.187. The number of nitrogens with zero attached hydrogens (tertiary/aromatic N) is 1. The third kappa shape index (κ3) is 5.87. The van der Waals surface area contributed by atoms with Crippen molar-refractivity contribution >= 4 is 39.1 Å². The minimum absolute atomic E-state index is 0.0600. The molecule has 0 unspecified atom stereocenters. The summed E-state index contributed by atoms with van der Waals surface area (Å²) >= 11 is 7.17. The smallest absolute Gasteiger partial charge is 0.304 e. The normalized spacial score (nSPS) is 11.9. The Balaban J connectivity index is 2.39. The van der Waals surface area contributed by atoms with Crippen LogP contribution in [0.2, 0.25) is 4.34 Å². The van der Waals surface area contributed by atoms with Crippen LogP contribution in [0.3, 0.4) is 0 Å². The zero-order valence-electron chi connectivity index (χ0n) is 10.3. The molecular formula is C10H15ClN2O4S2. The zero-order chi connectivity index (χ0) is 14.5. The molecule has 9 heteroatoms. The van der Waals surface area contributed by atoms with Crippen molar-refractivity contribution < 1.29 is 18.3 Å². The van der Waals surface area contributed by atoms with Crippen molar-refractivity contribution in [3.63, 3.8) is 0 Å². The van der Waals surface area contributed by atoms with E-state index >= 15 is 0 Å². The highest BCUT2D eigenvalue weighted by Crippen LogP contribution is 2.21. The summed E-state index contributed by atoms with van der Waals surface area (Å²) in [6, 6.07) is 3.60. The summed E-state index contributed by atoms with van der Waals surface area (Å²) in [7, 11) is -2.29. The lowest BCUT2D eigenvalue weighted by Crippen LogP contribution is -2.40. The van der Waals surface area contributed by atoms with Gasteiger partial charge in [0, 0.05) is 25.0 Å². The van der Waals surface area contributed by atoms with Crippen LogP contribution in [0.15, 0.2) is 12.1 Å². The van der Waals surface area contributed by atoms with Gasteiger partial charge in [0.25, 0.3) is 10.2 Å². The number of nitrogens with one attached hydrogen (secondary N) is 1. The lowest BCUT2D eigenvalue weighted by molar-refractivity contribution is -0.137. The zero-order valence-corrected chi connectivity index (χ0v) is 12.7. The second-order valence-electron chi connectivity index (χ2n) is 3.82. The van der Waals surface area contributed by atoms with E-state index in [1.807, 2.05) is 6.07 Å². The number of thiophene rings is 1. The molecular weight excluding hydrogens is 312 g/mol. The lowest BCUT2D eigenvalue weighted by Gasteiger charge is -2.16. The number of rotatable bonds is 8. The molecule has 1 aromatic rings. The van der Waals surface area contributed by atoms with Gasteiger partial charge in [-0.05, 0) is 18.6 Å². The molecule has 0 bridgehead atoms. The van der Waals surface area contributed by atoms with Crippen molar-refractivity contribution in [3.8, 4) is 0 Å². The molecule has 2 N–H and O–H groups in total. The molecule has 1 heterocycles. The van der Waals surface area contributed by atoms with Crippen LogP contribution < -0.4 is 4.72 Å². The summed E-state index contributed by atoms with van der Waals surface area (Å²) < 4.78 is 27.5. The Bertz CT molecular complexity index is 529. The van der Waals surface area contributed by atoms with E-state index in [1.54, 1.807) is 6.07 Å². The summed E-state index contributed by atoms with van der Waals surface area (Å²) in [6.07, 6.45) is 0.321. The van der Waals surface area contributed by atoms with Crippen molar-refractivity contribution in [1.82, 2.24) is 9.03 Å². The molecule has 1 aromatic heterocycles. The summed E-state index contributed by atoms with van der Waals surface area (Å²) in [5.74, 6) is -1.03. The minimum atomic E-state index is -3.63. The number of carboxylic acids is 1. The number of carbonyl (C=O) groups is 1. The van der Waals surface area contributed by atoms with E-state index in [0.29, 0.717) is 10.8 Å². The van der Waals surface area contributed by atoms with Gasteiger partial charge in [0.2, 0.25) is 0 Å². The van der Waals surface area contributed by atoms with Gasteiger partial charge < -0.3 is 5.11 Å². The maximum atomic E-state index is 11.7. The van der Waals surface area contributed by atoms with Crippen LogP contribution in [0.25, 0.3) is 0 Å². The second-order valence-corrected chi connectivity index (χ2v) is 7.48. The Morgan fingerprint density at radius 2 is 2.21 bits per heavy atom. The predicted octanol–water partition coefficient (Wildman–Crippen LogP) is 1.18. The molecule has 1 rings (SSSR count). The van der Waals surface area contributed by atoms with E-state index < -0.39 is 16.2 Å². The number of carboxylic acid groups (broad SMARTS) is 1. The quantitative estimate of drug-likeness (QED) is 0.751. The van der Waals surface area contributed by atoms with Gasteiger partial charge in [0.15, 0.2) is 0 Å². The second kappa shape index (κ2) is 7.20. The Morgan fingerprint density at radius 3 is 2.74 bits per heavy atom. The third-order valence-electron chi connectivity index (χ3n) is 2.34. The Hall–Kier alpha value is -0.670. The maximum absolute atomic E-state index is 11.7. The van der Waals surface area contributed by atoms with Gasteiger partial charge >= 0.3 is 5.97 Å². The molecule has 0 aliphatic rings. The van der Waals surface area contributed by atoms with E-state index in [9.17, 15) is 13.2 Å². The molecule has 108 valence electrons. The van der Waals surface area contributed by atoms with Crippen molar-refractivity contribution in [1.29, 1.82) is 0 Å².